The molecule has 1 fully saturated rings. The average molecular weight is 364 g/mol. The molecule has 0 aliphatic carbocycles. The summed E-state index contributed by atoms with van der Waals surface area (Å²) in [4.78, 5) is 32.8. The Bertz CT molecular complexity index is 850. The number of anilines is 2. The van der Waals surface area contributed by atoms with E-state index < -0.39 is 18.4 Å². The third kappa shape index (κ3) is 4.42. The number of morpholine rings is 1. The van der Waals surface area contributed by atoms with E-state index in [2.05, 4.69) is 15.3 Å². The summed E-state index contributed by atoms with van der Waals surface area (Å²) in [5.41, 5.74) is -0.217. The van der Waals surface area contributed by atoms with Crippen LogP contribution in [0.25, 0.3) is 0 Å². The highest BCUT2D eigenvalue weighted by atomic mass is 19.1. The smallest absolute Gasteiger partial charge is 0.252 e. The van der Waals surface area contributed by atoms with Crippen molar-refractivity contribution in [2.75, 3.05) is 36.5 Å². The molecule has 1 aromatic carbocycles. The van der Waals surface area contributed by atoms with Crippen molar-refractivity contribution in [3.05, 3.63) is 51.8 Å². The highest BCUT2D eigenvalue weighted by Gasteiger charge is 2.15. The monoisotopic (exact) mass is 364 g/mol. The molecule has 1 aromatic heterocycles. The SMILES string of the molecule is O=C(Cc1nc(N2CCOCC2)cc(=O)[nH]1)Nc1ccc(F)c(CF)c1. The zero-order chi connectivity index (χ0) is 18.5. The van der Waals surface area contributed by atoms with Crippen LogP contribution >= 0.6 is 0 Å². The third-order valence-corrected chi connectivity index (χ3v) is 3.91. The second-order valence-electron chi connectivity index (χ2n) is 5.81. The van der Waals surface area contributed by atoms with Crippen LogP contribution in [-0.4, -0.2) is 42.2 Å². The predicted octanol–water partition coefficient (Wildman–Crippen LogP) is 1.40. The maximum Gasteiger partial charge on any atom is 0.252 e. The summed E-state index contributed by atoms with van der Waals surface area (Å²) in [5, 5.41) is 2.54. The number of halogens is 2. The first-order valence-corrected chi connectivity index (χ1v) is 8.12. The number of ether oxygens (including phenoxy) is 1. The molecular weight excluding hydrogens is 346 g/mol. The van der Waals surface area contributed by atoms with Gasteiger partial charge in [-0.1, -0.05) is 0 Å². The molecule has 0 saturated carbocycles. The fourth-order valence-electron chi connectivity index (χ4n) is 2.64. The van der Waals surface area contributed by atoms with Crippen LogP contribution in [0.2, 0.25) is 0 Å². The number of carbonyl (C=O) groups excluding carboxylic acids is 1. The van der Waals surface area contributed by atoms with E-state index in [1.165, 1.54) is 18.2 Å². The lowest BCUT2D eigenvalue weighted by Crippen LogP contribution is -2.37. The lowest BCUT2D eigenvalue weighted by Gasteiger charge is -2.27. The van der Waals surface area contributed by atoms with Crippen molar-refractivity contribution in [2.45, 2.75) is 13.1 Å². The van der Waals surface area contributed by atoms with Gasteiger partial charge < -0.3 is 19.9 Å². The molecule has 3 rings (SSSR count). The van der Waals surface area contributed by atoms with Gasteiger partial charge >= 0.3 is 0 Å². The minimum atomic E-state index is -0.966. The van der Waals surface area contributed by atoms with Crippen LogP contribution in [0.15, 0.2) is 29.1 Å². The van der Waals surface area contributed by atoms with E-state index in [9.17, 15) is 18.4 Å². The second kappa shape index (κ2) is 8.05. The lowest BCUT2D eigenvalue weighted by molar-refractivity contribution is -0.115. The van der Waals surface area contributed by atoms with E-state index in [-0.39, 0.29) is 29.1 Å². The number of rotatable bonds is 5. The first-order chi connectivity index (χ1) is 12.5. The van der Waals surface area contributed by atoms with Crippen molar-refractivity contribution in [3.8, 4) is 0 Å². The van der Waals surface area contributed by atoms with Crippen molar-refractivity contribution in [1.29, 1.82) is 0 Å². The number of hydrogen-bond donors (Lipinski definition) is 2. The van der Waals surface area contributed by atoms with Crippen LogP contribution in [0.5, 0.6) is 0 Å². The Balaban J connectivity index is 1.71. The quantitative estimate of drug-likeness (QED) is 0.837. The summed E-state index contributed by atoms with van der Waals surface area (Å²) in [7, 11) is 0. The molecule has 0 radical (unpaired) electrons. The molecule has 0 unspecified atom stereocenters. The fraction of sp³-hybridized carbons (Fsp3) is 0.353. The fourth-order valence-corrected chi connectivity index (χ4v) is 2.64. The minimum Gasteiger partial charge on any atom is -0.378 e. The van der Waals surface area contributed by atoms with Crippen molar-refractivity contribution < 1.29 is 18.3 Å². The molecule has 1 saturated heterocycles. The molecule has 1 aliphatic rings. The average Bonchev–Trinajstić information content (AvgIpc) is 2.63. The molecule has 1 amide bonds. The van der Waals surface area contributed by atoms with Crippen LogP contribution in [-0.2, 0) is 22.6 Å². The van der Waals surface area contributed by atoms with Crippen molar-refractivity contribution in [2.24, 2.45) is 0 Å². The summed E-state index contributed by atoms with van der Waals surface area (Å²) in [5.74, 6) is -0.427. The van der Waals surface area contributed by atoms with E-state index in [0.717, 1.165) is 6.07 Å². The third-order valence-electron chi connectivity index (χ3n) is 3.91. The zero-order valence-corrected chi connectivity index (χ0v) is 13.9. The summed E-state index contributed by atoms with van der Waals surface area (Å²) in [6.45, 7) is 1.36. The number of carbonyl (C=O) groups is 1. The normalized spacial score (nSPS) is 14.3. The Morgan fingerprint density at radius 1 is 1.31 bits per heavy atom. The van der Waals surface area contributed by atoms with Crippen LogP contribution in [0.3, 0.4) is 0 Å². The Morgan fingerprint density at radius 2 is 2.08 bits per heavy atom. The van der Waals surface area contributed by atoms with Gasteiger partial charge in [0.15, 0.2) is 0 Å². The number of nitrogens with one attached hydrogen (secondary N) is 2. The molecule has 26 heavy (non-hydrogen) atoms. The molecule has 2 heterocycles. The Hall–Kier alpha value is -2.81. The van der Waals surface area contributed by atoms with Gasteiger partial charge in [-0.2, -0.15) is 0 Å². The lowest BCUT2D eigenvalue weighted by atomic mass is 10.2. The van der Waals surface area contributed by atoms with Crippen LogP contribution in [0, 0.1) is 5.82 Å². The van der Waals surface area contributed by atoms with Crippen LogP contribution in [0.4, 0.5) is 20.3 Å². The molecule has 2 N–H and O–H groups in total. The van der Waals surface area contributed by atoms with Gasteiger partial charge in [0.25, 0.3) is 5.56 Å². The zero-order valence-electron chi connectivity index (χ0n) is 13.9. The number of H-pyrrole nitrogens is 1. The van der Waals surface area contributed by atoms with E-state index in [0.29, 0.717) is 32.1 Å². The predicted molar refractivity (Wildman–Crippen MR) is 91.4 cm³/mol. The standard InChI is InChI=1S/C17H18F2N4O3/c18-10-11-7-12(1-2-13(11)19)20-16(24)8-14-21-15(9-17(25)22-14)23-3-5-26-6-4-23/h1-2,7,9H,3-6,8,10H2,(H,20,24)(H,21,22,25). The van der Waals surface area contributed by atoms with Gasteiger partial charge in [-0.25, -0.2) is 13.8 Å². The van der Waals surface area contributed by atoms with E-state index in [4.69, 9.17) is 4.74 Å². The number of alkyl halides is 1. The maximum atomic E-state index is 13.3. The number of nitrogens with zero attached hydrogens (tertiary/aromatic N) is 2. The highest BCUT2D eigenvalue weighted by molar-refractivity contribution is 5.91. The molecule has 7 nitrogen and oxygen atoms in total. The van der Waals surface area contributed by atoms with Gasteiger partial charge in [-0.05, 0) is 18.2 Å². The first kappa shape index (κ1) is 18.0. The van der Waals surface area contributed by atoms with Gasteiger partial charge in [0.1, 0.15) is 24.1 Å². The number of hydrogen-bond acceptors (Lipinski definition) is 5. The number of aromatic nitrogens is 2. The van der Waals surface area contributed by atoms with Crippen molar-refractivity contribution in [1.82, 2.24) is 9.97 Å². The van der Waals surface area contributed by atoms with Crippen LogP contribution < -0.4 is 15.8 Å². The summed E-state index contributed by atoms with van der Waals surface area (Å²) < 4.78 is 31.3. The molecule has 2 aromatic rings. The van der Waals surface area contributed by atoms with E-state index in [1.807, 2.05) is 4.90 Å². The Morgan fingerprint density at radius 3 is 2.81 bits per heavy atom. The van der Waals surface area contributed by atoms with Gasteiger partial charge in [0.05, 0.1) is 19.6 Å². The molecular formula is C17H18F2N4O3. The Labute approximate surface area is 148 Å². The van der Waals surface area contributed by atoms with Gasteiger partial charge in [-0.3, -0.25) is 9.59 Å². The molecule has 0 atom stereocenters. The van der Waals surface area contributed by atoms with Crippen molar-refractivity contribution >= 4 is 17.4 Å². The molecule has 0 bridgehead atoms. The molecule has 9 heteroatoms. The summed E-state index contributed by atoms with van der Waals surface area (Å²) >= 11 is 0. The minimum absolute atomic E-state index is 0.136. The summed E-state index contributed by atoms with van der Waals surface area (Å²) in [6.07, 6.45) is -0.171. The maximum absolute atomic E-state index is 13.3. The summed E-state index contributed by atoms with van der Waals surface area (Å²) in [6, 6.07) is 5.03. The molecule has 0 spiro atoms. The van der Waals surface area contributed by atoms with Crippen molar-refractivity contribution in [3.63, 3.8) is 0 Å². The van der Waals surface area contributed by atoms with Gasteiger partial charge in [-0.15, -0.1) is 0 Å². The molecule has 1 aliphatic heterocycles. The topological polar surface area (TPSA) is 87.3 Å². The van der Waals surface area contributed by atoms with Crippen LogP contribution in [0.1, 0.15) is 11.4 Å². The van der Waals surface area contributed by atoms with E-state index in [1.54, 1.807) is 0 Å². The van der Waals surface area contributed by atoms with Gasteiger partial charge in [0, 0.05) is 30.4 Å². The number of amides is 1. The largest absolute Gasteiger partial charge is 0.378 e. The highest BCUT2D eigenvalue weighted by Crippen LogP contribution is 2.16. The second-order valence-corrected chi connectivity index (χ2v) is 5.81. The van der Waals surface area contributed by atoms with E-state index >= 15 is 0 Å². The number of benzene rings is 1. The van der Waals surface area contributed by atoms with Gasteiger partial charge in [0.2, 0.25) is 5.91 Å². The number of aromatic amines is 1. The Kier molecular flexibility index (Phi) is 5.57. The molecule has 138 valence electrons. The first-order valence-electron chi connectivity index (χ1n) is 8.12.